The van der Waals surface area contributed by atoms with Gasteiger partial charge in [0.05, 0.1) is 0 Å². The second kappa shape index (κ2) is 3.75. The lowest BCUT2D eigenvalue weighted by Crippen LogP contribution is -2.35. The number of likely N-dealkylation sites (N-methyl/N-ethyl adjacent to an activating group) is 1. The number of carboxylic acid groups (broad SMARTS) is 1. The van der Waals surface area contributed by atoms with E-state index in [0.717, 1.165) is 24.2 Å². The highest BCUT2D eigenvalue weighted by atomic mass is 16.4. The molecule has 0 fully saturated rings. The number of carboxylic acids is 1. The molecule has 0 aromatic carbocycles. The molecule has 0 radical (unpaired) electrons. The summed E-state index contributed by atoms with van der Waals surface area (Å²) in [6.07, 6.45) is 0.789. The Hall–Kier alpha value is -1.62. The first-order valence-corrected chi connectivity index (χ1v) is 5.14. The van der Waals surface area contributed by atoms with Gasteiger partial charge in [0.25, 0.3) is 5.56 Å². The Balaban J connectivity index is 2.64. The molecule has 2 heterocycles. The number of hydrogen-bond acceptors (Lipinski definition) is 3. The van der Waals surface area contributed by atoms with E-state index in [0.29, 0.717) is 6.54 Å². The van der Waals surface area contributed by atoms with Crippen molar-refractivity contribution in [2.24, 2.45) is 7.05 Å². The average Bonchev–Trinajstić information content (AvgIpc) is 2.22. The predicted octanol–water partition coefficient (Wildman–Crippen LogP) is 0.0714. The normalized spacial score (nSPS) is 15.9. The summed E-state index contributed by atoms with van der Waals surface area (Å²) in [6.45, 7) is 1.59. The highest BCUT2D eigenvalue weighted by Gasteiger charge is 2.20. The van der Waals surface area contributed by atoms with Crippen LogP contribution in [-0.2, 0) is 20.0 Å². The summed E-state index contributed by atoms with van der Waals surface area (Å²) in [7, 11) is 3.62. The molecule has 5 nitrogen and oxygen atoms in total. The standard InChI is InChI=1S/C11H14N2O3/c1-12-4-3-9-7(6-12)5-8(11(15)16)10(14)13(9)2/h5H,3-4,6H2,1-2H3,(H,15,16). The van der Waals surface area contributed by atoms with Gasteiger partial charge in [-0.2, -0.15) is 0 Å². The summed E-state index contributed by atoms with van der Waals surface area (Å²) in [6, 6.07) is 1.51. The maximum absolute atomic E-state index is 11.7. The number of fused-ring (bicyclic) bond motifs is 1. The van der Waals surface area contributed by atoms with Crippen LogP contribution in [0.25, 0.3) is 0 Å². The lowest BCUT2D eigenvalue weighted by molar-refractivity contribution is 0.0694. The quantitative estimate of drug-likeness (QED) is 0.730. The van der Waals surface area contributed by atoms with Crippen LogP contribution >= 0.6 is 0 Å². The molecule has 5 heteroatoms. The van der Waals surface area contributed by atoms with Crippen LogP contribution < -0.4 is 5.56 Å². The van der Waals surface area contributed by atoms with Gasteiger partial charge in [-0.3, -0.25) is 4.79 Å². The highest BCUT2D eigenvalue weighted by molar-refractivity contribution is 5.87. The minimum Gasteiger partial charge on any atom is -0.477 e. The van der Waals surface area contributed by atoms with Crippen molar-refractivity contribution < 1.29 is 9.90 Å². The molecule has 0 saturated carbocycles. The van der Waals surface area contributed by atoms with Crippen molar-refractivity contribution in [3.8, 4) is 0 Å². The molecule has 1 aromatic rings. The van der Waals surface area contributed by atoms with E-state index in [2.05, 4.69) is 4.90 Å². The SMILES string of the molecule is CN1CCc2c(cc(C(=O)O)c(=O)n2C)C1. The smallest absolute Gasteiger partial charge is 0.341 e. The molecular formula is C11H14N2O3. The molecule has 16 heavy (non-hydrogen) atoms. The minimum absolute atomic E-state index is 0.142. The third-order valence-corrected chi connectivity index (χ3v) is 3.03. The Labute approximate surface area is 92.9 Å². The fourth-order valence-corrected chi connectivity index (χ4v) is 2.12. The van der Waals surface area contributed by atoms with E-state index >= 15 is 0 Å². The number of aromatic carboxylic acids is 1. The molecule has 0 unspecified atom stereocenters. The van der Waals surface area contributed by atoms with Crippen LogP contribution in [0, 0.1) is 0 Å². The second-order valence-electron chi connectivity index (χ2n) is 4.19. The lowest BCUT2D eigenvalue weighted by atomic mass is 10.0. The highest BCUT2D eigenvalue weighted by Crippen LogP contribution is 2.16. The van der Waals surface area contributed by atoms with Crippen molar-refractivity contribution in [2.75, 3.05) is 13.6 Å². The molecule has 86 valence electrons. The molecular weight excluding hydrogens is 208 g/mol. The van der Waals surface area contributed by atoms with Crippen LogP contribution in [0.3, 0.4) is 0 Å². The van der Waals surface area contributed by atoms with Crippen molar-refractivity contribution in [1.82, 2.24) is 9.47 Å². The molecule has 1 aromatic heterocycles. The molecule has 0 amide bonds. The molecule has 0 aliphatic carbocycles. The Morgan fingerprint density at radius 2 is 2.12 bits per heavy atom. The van der Waals surface area contributed by atoms with Crippen LogP contribution in [0.15, 0.2) is 10.9 Å². The third-order valence-electron chi connectivity index (χ3n) is 3.03. The molecule has 0 saturated heterocycles. The fourth-order valence-electron chi connectivity index (χ4n) is 2.12. The van der Waals surface area contributed by atoms with Gasteiger partial charge in [0, 0.05) is 32.3 Å². The van der Waals surface area contributed by atoms with Crippen molar-refractivity contribution in [2.45, 2.75) is 13.0 Å². The van der Waals surface area contributed by atoms with Gasteiger partial charge in [-0.25, -0.2) is 4.79 Å². The summed E-state index contributed by atoms with van der Waals surface area (Å²) < 4.78 is 1.46. The first kappa shape index (κ1) is 10.9. The van der Waals surface area contributed by atoms with Crippen molar-refractivity contribution in [3.63, 3.8) is 0 Å². The maximum Gasteiger partial charge on any atom is 0.341 e. The Morgan fingerprint density at radius 1 is 1.44 bits per heavy atom. The van der Waals surface area contributed by atoms with Gasteiger partial charge in [-0.15, -0.1) is 0 Å². The van der Waals surface area contributed by atoms with Crippen LogP contribution in [-0.4, -0.2) is 34.1 Å². The fraction of sp³-hybridized carbons (Fsp3) is 0.455. The topological polar surface area (TPSA) is 62.5 Å². The summed E-state index contributed by atoms with van der Waals surface area (Å²) in [5, 5.41) is 8.93. The molecule has 1 aliphatic rings. The molecule has 0 spiro atoms. The van der Waals surface area contributed by atoms with Gasteiger partial charge in [0.2, 0.25) is 0 Å². The number of hydrogen-bond donors (Lipinski definition) is 1. The first-order chi connectivity index (χ1) is 7.50. The number of pyridine rings is 1. The van der Waals surface area contributed by atoms with Crippen molar-refractivity contribution >= 4 is 5.97 Å². The molecule has 0 bridgehead atoms. The van der Waals surface area contributed by atoms with E-state index in [-0.39, 0.29) is 5.56 Å². The van der Waals surface area contributed by atoms with E-state index in [1.165, 1.54) is 10.6 Å². The van der Waals surface area contributed by atoms with Gasteiger partial charge in [-0.05, 0) is 18.7 Å². The molecule has 1 aliphatic heterocycles. The van der Waals surface area contributed by atoms with E-state index in [4.69, 9.17) is 5.11 Å². The summed E-state index contributed by atoms with van der Waals surface area (Å²) in [5.74, 6) is -1.16. The molecule has 2 rings (SSSR count). The monoisotopic (exact) mass is 222 g/mol. The largest absolute Gasteiger partial charge is 0.477 e. The number of aromatic nitrogens is 1. The van der Waals surface area contributed by atoms with E-state index in [1.54, 1.807) is 7.05 Å². The zero-order valence-corrected chi connectivity index (χ0v) is 9.36. The first-order valence-electron chi connectivity index (χ1n) is 5.14. The van der Waals surface area contributed by atoms with Crippen LogP contribution in [0.4, 0.5) is 0 Å². The second-order valence-corrected chi connectivity index (χ2v) is 4.19. The number of carbonyl (C=O) groups is 1. The van der Waals surface area contributed by atoms with E-state index in [1.807, 2.05) is 7.05 Å². The molecule has 0 atom stereocenters. The van der Waals surface area contributed by atoms with Gasteiger partial charge in [0.1, 0.15) is 5.56 Å². The molecule has 1 N–H and O–H groups in total. The minimum atomic E-state index is -1.16. The summed E-state index contributed by atoms with van der Waals surface area (Å²) >= 11 is 0. The van der Waals surface area contributed by atoms with Crippen molar-refractivity contribution in [1.29, 1.82) is 0 Å². The van der Waals surface area contributed by atoms with E-state index in [9.17, 15) is 9.59 Å². The number of nitrogens with zero attached hydrogens (tertiary/aromatic N) is 2. The lowest BCUT2D eigenvalue weighted by Gasteiger charge is -2.26. The third kappa shape index (κ3) is 1.63. The van der Waals surface area contributed by atoms with Gasteiger partial charge >= 0.3 is 5.97 Å². The maximum atomic E-state index is 11.7. The zero-order valence-electron chi connectivity index (χ0n) is 9.36. The van der Waals surface area contributed by atoms with Crippen LogP contribution in [0.5, 0.6) is 0 Å². The predicted molar refractivity (Wildman–Crippen MR) is 58.7 cm³/mol. The average molecular weight is 222 g/mol. The number of rotatable bonds is 1. The van der Waals surface area contributed by atoms with E-state index < -0.39 is 11.5 Å². The van der Waals surface area contributed by atoms with Crippen molar-refractivity contribution in [3.05, 3.63) is 33.2 Å². The Bertz CT molecular complexity index is 505. The van der Waals surface area contributed by atoms with Gasteiger partial charge in [-0.1, -0.05) is 0 Å². The summed E-state index contributed by atoms with van der Waals surface area (Å²) in [5.41, 5.74) is 1.33. The Morgan fingerprint density at radius 3 is 2.75 bits per heavy atom. The van der Waals surface area contributed by atoms with Crippen LogP contribution in [0.2, 0.25) is 0 Å². The Kier molecular flexibility index (Phi) is 2.55. The van der Waals surface area contributed by atoms with Gasteiger partial charge in [0.15, 0.2) is 0 Å². The van der Waals surface area contributed by atoms with Gasteiger partial charge < -0.3 is 14.6 Å². The van der Waals surface area contributed by atoms with Crippen LogP contribution in [0.1, 0.15) is 21.6 Å². The summed E-state index contributed by atoms with van der Waals surface area (Å²) in [4.78, 5) is 24.8. The zero-order chi connectivity index (χ0) is 11.9.